The summed E-state index contributed by atoms with van der Waals surface area (Å²) in [4.78, 5) is 35.5. The third kappa shape index (κ3) is 3.86. The normalized spacial score (nSPS) is 15.6. The number of unbranched alkanes of at least 4 members (excludes halogenated alkanes) is 2. The lowest BCUT2D eigenvalue weighted by atomic mass is 10.0. The molecule has 5 rings (SSSR count). The van der Waals surface area contributed by atoms with Gasteiger partial charge >= 0.3 is 5.69 Å². The Morgan fingerprint density at radius 1 is 1.06 bits per heavy atom. The number of nitrogens with zero attached hydrogens (tertiary/aromatic N) is 5. The molecule has 2 aromatic heterocycles. The molecule has 9 heteroatoms. The number of halogens is 1. The van der Waals surface area contributed by atoms with Crippen molar-refractivity contribution in [2.24, 2.45) is 4.99 Å². The molecule has 8 nitrogen and oxygen atoms in total. The van der Waals surface area contributed by atoms with Crippen LogP contribution < -0.4 is 11.2 Å². The molecule has 1 aliphatic heterocycles. The number of aliphatic imine (C=N–C) groups is 1. The minimum atomic E-state index is -0.479. The number of benzene rings is 1. The largest absolute Gasteiger partial charge is 0.339 e. The molecular formula is C24H26ClN5O3. The van der Waals surface area contributed by atoms with E-state index in [9.17, 15) is 9.59 Å². The summed E-state index contributed by atoms with van der Waals surface area (Å²) in [5.74, 6) is 1.47. The number of aromatic nitrogens is 4. The van der Waals surface area contributed by atoms with Gasteiger partial charge in [-0.15, -0.1) is 0 Å². The van der Waals surface area contributed by atoms with Gasteiger partial charge in [0.05, 0.1) is 11.0 Å². The molecule has 0 radical (unpaired) electrons. The van der Waals surface area contributed by atoms with Gasteiger partial charge in [-0.1, -0.05) is 66.9 Å². The van der Waals surface area contributed by atoms with Gasteiger partial charge in [0.25, 0.3) is 5.56 Å². The first-order chi connectivity index (χ1) is 16.0. The van der Waals surface area contributed by atoms with Crippen LogP contribution in [-0.2, 0) is 24.9 Å². The van der Waals surface area contributed by atoms with E-state index in [0.29, 0.717) is 47.7 Å². The molecule has 0 N–H and O–H groups in total. The van der Waals surface area contributed by atoms with E-state index in [1.165, 1.54) is 4.57 Å². The SMILES string of the molecule is CCCCCn1c2c(c(=O)n(CCCc3nc(-c4ccccc4)no3)c1=O)C1(CC1)C(Cl)=N2. The fourth-order valence-corrected chi connectivity index (χ4v) is 4.84. The van der Waals surface area contributed by atoms with Crippen molar-refractivity contribution >= 4 is 22.6 Å². The lowest BCUT2D eigenvalue weighted by Gasteiger charge is -2.16. The second-order valence-electron chi connectivity index (χ2n) is 8.76. The molecule has 0 saturated heterocycles. The molecule has 1 aromatic carbocycles. The Balaban J connectivity index is 1.39. The first kappa shape index (κ1) is 21.8. The molecule has 3 heterocycles. The van der Waals surface area contributed by atoms with Gasteiger partial charge in [-0.25, -0.2) is 9.79 Å². The Hall–Kier alpha value is -3.00. The molecule has 0 bridgehead atoms. The maximum Gasteiger partial charge on any atom is 0.332 e. The Labute approximate surface area is 195 Å². The van der Waals surface area contributed by atoms with Crippen molar-refractivity contribution in [2.75, 3.05) is 0 Å². The molecular weight excluding hydrogens is 442 g/mol. The molecule has 1 aliphatic carbocycles. The van der Waals surface area contributed by atoms with Gasteiger partial charge in [0.1, 0.15) is 11.0 Å². The van der Waals surface area contributed by atoms with Crippen molar-refractivity contribution in [3.8, 4) is 11.4 Å². The molecule has 3 aromatic rings. The standard InChI is InChI=1S/C24H26ClN5O3/c1-2-3-7-14-29-20-18(24(12-13-24)22(25)27-20)21(31)30(23(29)32)15-8-11-17-26-19(28-33-17)16-9-5-4-6-10-16/h4-6,9-10H,2-3,7-8,11-15H2,1H3. The summed E-state index contributed by atoms with van der Waals surface area (Å²) in [5, 5.41) is 4.48. The Kier molecular flexibility index (Phi) is 5.78. The topological polar surface area (TPSA) is 95.3 Å². The van der Waals surface area contributed by atoms with Crippen molar-refractivity contribution < 1.29 is 4.52 Å². The highest BCUT2D eigenvalue weighted by molar-refractivity contribution is 6.68. The number of fused-ring (bicyclic) bond motifs is 2. The maximum absolute atomic E-state index is 13.4. The molecule has 0 amide bonds. The fraction of sp³-hybridized carbons (Fsp3) is 0.458. The predicted octanol–water partition coefficient (Wildman–Crippen LogP) is 4.20. The predicted molar refractivity (Wildman–Crippen MR) is 126 cm³/mol. The second kappa shape index (κ2) is 8.74. The minimum absolute atomic E-state index is 0.269. The quantitative estimate of drug-likeness (QED) is 0.439. The molecule has 33 heavy (non-hydrogen) atoms. The van der Waals surface area contributed by atoms with Crippen molar-refractivity contribution in [1.29, 1.82) is 0 Å². The van der Waals surface area contributed by atoms with Gasteiger partial charge in [0.2, 0.25) is 11.7 Å². The van der Waals surface area contributed by atoms with Gasteiger partial charge in [0.15, 0.2) is 0 Å². The van der Waals surface area contributed by atoms with Crippen LogP contribution >= 0.6 is 11.6 Å². The van der Waals surface area contributed by atoms with Crippen LogP contribution in [0.1, 0.15) is 56.9 Å². The Morgan fingerprint density at radius 3 is 2.55 bits per heavy atom. The van der Waals surface area contributed by atoms with Crippen molar-refractivity contribution in [2.45, 2.75) is 70.4 Å². The Bertz CT molecular complexity index is 1320. The van der Waals surface area contributed by atoms with Crippen LogP contribution in [0, 0.1) is 0 Å². The zero-order valence-corrected chi connectivity index (χ0v) is 19.3. The van der Waals surface area contributed by atoms with Gasteiger partial charge in [0, 0.05) is 25.1 Å². The molecule has 0 unspecified atom stereocenters. The number of aryl methyl sites for hydroxylation is 1. The number of hydrogen-bond donors (Lipinski definition) is 0. The van der Waals surface area contributed by atoms with Gasteiger partial charge in [-0.05, 0) is 25.7 Å². The fourth-order valence-electron chi connectivity index (χ4n) is 4.48. The average molecular weight is 468 g/mol. The van der Waals surface area contributed by atoms with E-state index in [-0.39, 0.29) is 17.8 Å². The van der Waals surface area contributed by atoms with Crippen LogP contribution in [-0.4, -0.2) is 24.4 Å². The van der Waals surface area contributed by atoms with Crippen LogP contribution in [0.4, 0.5) is 5.82 Å². The van der Waals surface area contributed by atoms with E-state index < -0.39 is 5.41 Å². The summed E-state index contributed by atoms with van der Waals surface area (Å²) >= 11 is 6.44. The van der Waals surface area contributed by atoms with E-state index in [4.69, 9.17) is 16.1 Å². The van der Waals surface area contributed by atoms with E-state index in [0.717, 1.165) is 37.7 Å². The number of rotatable bonds is 9. The summed E-state index contributed by atoms with van der Waals surface area (Å²) < 4.78 is 8.35. The monoisotopic (exact) mass is 467 g/mol. The smallest absolute Gasteiger partial charge is 0.332 e. The summed E-state index contributed by atoms with van der Waals surface area (Å²) in [5.41, 5.74) is 0.398. The molecule has 1 saturated carbocycles. The summed E-state index contributed by atoms with van der Waals surface area (Å²) in [6.07, 6.45) is 5.50. The zero-order chi connectivity index (χ0) is 23.0. The Morgan fingerprint density at radius 2 is 1.82 bits per heavy atom. The molecule has 0 atom stereocenters. The van der Waals surface area contributed by atoms with Crippen molar-refractivity contribution in [3.63, 3.8) is 0 Å². The van der Waals surface area contributed by atoms with Crippen LogP contribution in [0.3, 0.4) is 0 Å². The van der Waals surface area contributed by atoms with Crippen LogP contribution in [0.2, 0.25) is 0 Å². The highest BCUT2D eigenvalue weighted by atomic mass is 35.5. The molecule has 2 aliphatic rings. The third-order valence-electron chi connectivity index (χ3n) is 6.49. The third-order valence-corrected chi connectivity index (χ3v) is 6.93. The second-order valence-corrected chi connectivity index (χ2v) is 9.12. The lowest BCUT2D eigenvalue weighted by Crippen LogP contribution is -2.43. The zero-order valence-electron chi connectivity index (χ0n) is 18.6. The van der Waals surface area contributed by atoms with Crippen LogP contribution in [0.15, 0.2) is 49.4 Å². The van der Waals surface area contributed by atoms with Crippen LogP contribution in [0.5, 0.6) is 0 Å². The molecule has 172 valence electrons. The minimum Gasteiger partial charge on any atom is -0.339 e. The average Bonchev–Trinajstić information content (AvgIpc) is 3.38. The maximum atomic E-state index is 13.4. The highest BCUT2D eigenvalue weighted by Gasteiger charge is 2.56. The first-order valence-corrected chi connectivity index (χ1v) is 11.9. The summed E-state index contributed by atoms with van der Waals surface area (Å²) in [6, 6.07) is 9.60. The van der Waals surface area contributed by atoms with E-state index in [1.807, 2.05) is 30.3 Å². The number of hydrogen-bond acceptors (Lipinski definition) is 6. The first-order valence-electron chi connectivity index (χ1n) is 11.6. The lowest BCUT2D eigenvalue weighted by molar-refractivity contribution is 0.371. The van der Waals surface area contributed by atoms with Gasteiger partial charge < -0.3 is 4.52 Å². The molecule has 1 fully saturated rings. The van der Waals surface area contributed by atoms with E-state index in [2.05, 4.69) is 22.1 Å². The summed E-state index contributed by atoms with van der Waals surface area (Å²) in [6.45, 7) is 2.92. The van der Waals surface area contributed by atoms with Gasteiger partial charge in [-0.3, -0.25) is 13.9 Å². The van der Waals surface area contributed by atoms with Crippen molar-refractivity contribution in [1.82, 2.24) is 19.3 Å². The van der Waals surface area contributed by atoms with E-state index in [1.54, 1.807) is 4.57 Å². The van der Waals surface area contributed by atoms with Crippen molar-refractivity contribution in [3.05, 3.63) is 62.6 Å². The van der Waals surface area contributed by atoms with Crippen LogP contribution in [0.25, 0.3) is 11.4 Å². The summed E-state index contributed by atoms with van der Waals surface area (Å²) in [7, 11) is 0. The van der Waals surface area contributed by atoms with Gasteiger partial charge in [-0.2, -0.15) is 4.98 Å². The van der Waals surface area contributed by atoms with E-state index >= 15 is 0 Å². The highest BCUT2D eigenvalue weighted by Crippen LogP contribution is 2.55. The molecule has 1 spiro atoms.